The predicted octanol–water partition coefficient (Wildman–Crippen LogP) is 5.13. The number of fused-ring (bicyclic) bond motifs is 1. The highest BCUT2D eigenvalue weighted by atomic mass is 32.2. The number of thioether (sulfide) groups is 1. The number of rotatable bonds is 9. The van der Waals surface area contributed by atoms with Crippen LogP contribution in [0.1, 0.15) is 31.9 Å². The van der Waals surface area contributed by atoms with Crippen molar-refractivity contribution in [2.45, 2.75) is 27.7 Å². The quantitative estimate of drug-likeness (QED) is 0.385. The van der Waals surface area contributed by atoms with E-state index < -0.39 is 5.91 Å². The lowest BCUT2D eigenvalue weighted by Gasteiger charge is -2.20. The number of nitrogens with one attached hydrogen (secondary N) is 1. The first-order chi connectivity index (χ1) is 16.9. The van der Waals surface area contributed by atoms with Crippen LogP contribution < -0.4 is 14.2 Å². The van der Waals surface area contributed by atoms with E-state index >= 15 is 0 Å². The summed E-state index contributed by atoms with van der Waals surface area (Å²) >= 11 is 1.33. The monoisotopic (exact) mass is 492 g/mol. The third kappa shape index (κ3) is 5.57. The molecule has 2 heterocycles. The standard InChI is InChI=1S/C26H28N4O4S/c1-5-32-22-15-18(10-11-21(22)34-13-12-33-20-9-7-6-8-17(20)4)14-19-23(27)30-26(28-24(19)31)35-25(29-30)16(2)3/h6-11,14-16,27H,5,12-13H2,1-4H3. The van der Waals surface area contributed by atoms with Crippen molar-refractivity contribution >= 4 is 39.8 Å². The summed E-state index contributed by atoms with van der Waals surface area (Å²) in [6.07, 6.45) is 1.63. The summed E-state index contributed by atoms with van der Waals surface area (Å²) in [5, 5.41) is 15.7. The second-order valence-electron chi connectivity index (χ2n) is 8.21. The number of hydrazone groups is 1. The van der Waals surface area contributed by atoms with E-state index in [0.29, 0.717) is 42.1 Å². The summed E-state index contributed by atoms with van der Waals surface area (Å²) in [7, 11) is 0. The van der Waals surface area contributed by atoms with Crippen molar-refractivity contribution < 1.29 is 19.0 Å². The number of hydrogen-bond donors (Lipinski definition) is 1. The first kappa shape index (κ1) is 24.5. The number of carbonyl (C=O) groups excluding carboxylic acids is 1. The second kappa shape index (κ2) is 10.8. The fraction of sp³-hybridized carbons (Fsp3) is 0.308. The van der Waals surface area contributed by atoms with E-state index in [0.717, 1.165) is 16.4 Å². The lowest BCUT2D eigenvalue weighted by Crippen LogP contribution is -2.35. The highest BCUT2D eigenvalue weighted by Gasteiger charge is 2.36. The van der Waals surface area contributed by atoms with Gasteiger partial charge in [0.15, 0.2) is 17.3 Å². The number of hydrogen-bond acceptors (Lipinski definition) is 7. The fourth-order valence-electron chi connectivity index (χ4n) is 3.43. The Hall–Kier alpha value is -3.59. The first-order valence-electron chi connectivity index (χ1n) is 11.5. The Balaban J connectivity index is 1.48. The van der Waals surface area contributed by atoms with E-state index in [2.05, 4.69) is 10.1 Å². The summed E-state index contributed by atoms with van der Waals surface area (Å²) in [6.45, 7) is 9.11. The first-order valence-corrected chi connectivity index (χ1v) is 12.3. The molecule has 0 bridgehead atoms. The van der Waals surface area contributed by atoms with Crippen molar-refractivity contribution in [3.63, 3.8) is 0 Å². The lowest BCUT2D eigenvalue weighted by molar-refractivity contribution is -0.114. The smallest absolute Gasteiger partial charge is 0.283 e. The lowest BCUT2D eigenvalue weighted by atomic mass is 10.1. The molecule has 8 nitrogen and oxygen atoms in total. The number of aryl methyl sites for hydroxylation is 1. The molecule has 0 radical (unpaired) electrons. The largest absolute Gasteiger partial charge is 0.490 e. The minimum Gasteiger partial charge on any atom is -0.490 e. The molecule has 1 amide bonds. The summed E-state index contributed by atoms with van der Waals surface area (Å²) < 4.78 is 17.5. The van der Waals surface area contributed by atoms with E-state index in [9.17, 15) is 4.79 Å². The highest BCUT2D eigenvalue weighted by molar-refractivity contribution is 8.27. The minimum atomic E-state index is -0.458. The summed E-state index contributed by atoms with van der Waals surface area (Å²) in [4.78, 5) is 16.8. The molecule has 0 aromatic heterocycles. The maximum Gasteiger partial charge on any atom is 0.283 e. The topological polar surface area (TPSA) is 96.6 Å². The molecule has 2 aliphatic heterocycles. The third-order valence-electron chi connectivity index (χ3n) is 5.23. The van der Waals surface area contributed by atoms with Gasteiger partial charge in [-0.15, -0.1) is 0 Å². The van der Waals surface area contributed by atoms with Gasteiger partial charge < -0.3 is 14.2 Å². The number of para-hydroxylation sites is 1. The molecule has 182 valence electrons. The fourth-order valence-corrected chi connectivity index (χ4v) is 4.32. The van der Waals surface area contributed by atoms with Gasteiger partial charge in [-0.25, -0.2) is 0 Å². The van der Waals surface area contributed by atoms with Gasteiger partial charge in [0, 0.05) is 5.92 Å². The van der Waals surface area contributed by atoms with Gasteiger partial charge in [0.2, 0.25) is 5.17 Å². The summed E-state index contributed by atoms with van der Waals surface area (Å²) in [5.74, 6) is 1.70. The van der Waals surface area contributed by atoms with Crippen LogP contribution in [-0.4, -0.2) is 46.8 Å². The molecule has 4 rings (SSSR count). The van der Waals surface area contributed by atoms with Crippen LogP contribution in [0.15, 0.2) is 58.1 Å². The Kier molecular flexibility index (Phi) is 7.55. The zero-order valence-electron chi connectivity index (χ0n) is 20.2. The normalized spacial score (nSPS) is 16.4. The zero-order chi connectivity index (χ0) is 24.9. The van der Waals surface area contributed by atoms with Crippen molar-refractivity contribution in [1.82, 2.24) is 5.01 Å². The van der Waals surface area contributed by atoms with Crippen molar-refractivity contribution in [2.75, 3.05) is 19.8 Å². The van der Waals surface area contributed by atoms with Gasteiger partial charge in [-0.1, -0.05) is 38.1 Å². The van der Waals surface area contributed by atoms with Crippen LogP contribution in [-0.2, 0) is 4.79 Å². The van der Waals surface area contributed by atoms with Gasteiger partial charge in [0.25, 0.3) is 5.91 Å². The van der Waals surface area contributed by atoms with Crippen LogP contribution in [0.2, 0.25) is 0 Å². The molecule has 2 aromatic carbocycles. The van der Waals surface area contributed by atoms with Gasteiger partial charge >= 0.3 is 0 Å². The van der Waals surface area contributed by atoms with E-state index in [1.54, 1.807) is 18.2 Å². The van der Waals surface area contributed by atoms with Gasteiger partial charge in [0.05, 0.1) is 12.2 Å². The Morgan fingerprint density at radius 2 is 1.80 bits per heavy atom. The molecule has 9 heteroatoms. The van der Waals surface area contributed by atoms with Gasteiger partial charge in [-0.3, -0.25) is 10.2 Å². The molecule has 35 heavy (non-hydrogen) atoms. The SMILES string of the molecule is CCOc1cc(C=C2C(=N)N3N=C(C(C)C)SC3=NC2=O)ccc1OCCOc1ccccc1C. The van der Waals surface area contributed by atoms with Gasteiger partial charge in [0.1, 0.15) is 24.0 Å². The molecule has 2 aromatic rings. The van der Waals surface area contributed by atoms with Crippen LogP contribution >= 0.6 is 11.8 Å². The molecule has 0 saturated heterocycles. The molecule has 0 atom stereocenters. The number of aliphatic imine (C=N–C) groups is 1. The Labute approximate surface area is 209 Å². The average molecular weight is 493 g/mol. The molecule has 2 aliphatic rings. The van der Waals surface area contributed by atoms with E-state index in [1.807, 2.05) is 58.0 Å². The van der Waals surface area contributed by atoms with Crippen LogP contribution in [0.25, 0.3) is 6.08 Å². The second-order valence-corrected chi connectivity index (χ2v) is 9.20. The van der Waals surface area contributed by atoms with Crippen molar-refractivity contribution in [2.24, 2.45) is 16.0 Å². The molecule has 0 spiro atoms. The highest BCUT2D eigenvalue weighted by Crippen LogP contribution is 2.33. The maximum atomic E-state index is 12.7. The third-order valence-corrected chi connectivity index (χ3v) is 6.44. The van der Waals surface area contributed by atoms with Gasteiger partial charge in [-0.2, -0.15) is 15.1 Å². The van der Waals surface area contributed by atoms with E-state index in [4.69, 9.17) is 19.6 Å². The predicted molar refractivity (Wildman–Crippen MR) is 140 cm³/mol. The van der Waals surface area contributed by atoms with Crippen molar-refractivity contribution in [1.29, 1.82) is 5.41 Å². The number of benzene rings is 2. The van der Waals surface area contributed by atoms with E-state index in [1.165, 1.54) is 16.8 Å². The van der Waals surface area contributed by atoms with Crippen molar-refractivity contribution in [3.05, 3.63) is 59.2 Å². The molecule has 0 saturated carbocycles. The van der Waals surface area contributed by atoms with Crippen LogP contribution in [0.5, 0.6) is 17.2 Å². The zero-order valence-corrected chi connectivity index (χ0v) is 21.0. The molecular formula is C26H28N4O4S. The summed E-state index contributed by atoms with van der Waals surface area (Å²) in [5.41, 5.74) is 1.94. The number of amidine groups is 2. The van der Waals surface area contributed by atoms with E-state index in [-0.39, 0.29) is 17.3 Å². The maximum absolute atomic E-state index is 12.7. The molecular weight excluding hydrogens is 464 g/mol. The summed E-state index contributed by atoms with van der Waals surface area (Å²) in [6, 6.07) is 13.2. The molecule has 1 N–H and O–H groups in total. The van der Waals surface area contributed by atoms with Crippen LogP contribution in [0, 0.1) is 18.3 Å². The minimum absolute atomic E-state index is 0.00907. The number of ether oxygens (including phenoxy) is 3. The van der Waals surface area contributed by atoms with Crippen LogP contribution in [0.4, 0.5) is 0 Å². The van der Waals surface area contributed by atoms with Crippen molar-refractivity contribution in [3.8, 4) is 17.2 Å². The average Bonchev–Trinajstić information content (AvgIpc) is 3.26. The Bertz CT molecular complexity index is 1240. The molecule has 0 unspecified atom stereocenters. The molecule has 0 fully saturated rings. The number of carbonyl (C=O) groups is 1. The Morgan fingerprint density at radius 3 is 2.51 bits per heavy atom. The number of amides is 1. The van der Waals surface area contributed by atoms with Crippen LogP contribution in [0.3, 0.4) is 0 Å². The van der Waals surface area contributed by atoms with Gasteiger partial charge in [-0.05, 0) is 61.0 Å². The molecule has 0 aliphatic carbocycles. The number of nitrogens with zero attached hydrogens (tertiary/aromatic N) is 3. The Morgan fingerprint density at radius 1 is 1.06 bits per heavy atom.